The zero-order chi connectivity index (χ0) is 16.1. The molecule has 1 aliphatic heterocycles. The van der Waals surface area contributed by atoms with Gasteiger partial charge in [0.05, 0.1) is 17.7 Å². The Kier molecular flexibility index (Phi) is 5.79. The molecule has 0 unspecified atom stereocenters. The van der Waals surface area contributed by atoms with Crippen LogP contribution in [-0.2, 0) is 4.79 Å². The molecule has 5 nitrogen and oxygen atoms in total. The van der Waals surface area contributed by atoms with Gasteiger partial charge in [0.15, 0.2) is 16.6 Å². The van der Waals surface area contributed by atoms with E-state index < -0.39 is 0 Å². The van der Waals surface area contributed by atoms with Crippen molar-refractivity contribution in [2.24, 2.45) is 0 Å². The third-order valence-electron chi connectivity index (χ3n) is 2.81. The lowest BCUT2D eigenvalue weighted by Crippen LogP contribution is -2.21. The van der Waals surface area contributed by atoms with Crippen molar-refractivity contribution >= 4 is 45.2 Å². The van der Waals surface area contributed by atoms with E-state index >= 15 is 0 Å². The molecule has 2 rings (SSSR count). The maximum absolute atomic E-state index is 11.7. The summed E-state index contributed by atoms with van der Waals surface area (Å²) >= 11 is 8.41. The van der Waals surface area contributed by atoms with Gasteiger partial charge in [-0.05, 0) is 65.3 Å². The number of hydrogen-bond donors (Lipinski definition) is 2. The number of benzene rings is 1. The quantitative estimate of drug-likeness (QED) is 0.583. The predicted octanol–water partition coefficient (Wildman–Crippen LogP) is 2.98. The van der Waals surface area contributed by atoms with Gasteiger partial charge < -0.3 is 14.8 Å². The second-order valence-corrected chi connectivity index (χ2v) is 5.84. The van der Waals surface area contributed by atoms with Crippen molar-refractivity contribution in [2.45, 2.75) is 20.3 Å². The maximum Gasteiger partial charge on any atom is 0.273 e. The Balaban J connectivity index is 2.35. The zero-order valence-corrected chi connectivity index (χ0v) is 14.8. The van der Waals surface area contributed by atoms with E-state index in [2.05, 4.69) is 26.6 Å². The SMILES string of the molecule is CCCOc1c(Br)cc(/C=C2/NC(=S)NC2=O)cc1OCC. The molecule has 0 aliphatic carbocycles. The summed E-state index contributed by atoms with van der Waals surface area (Å²) in [4.78, 5) is 11.7. The fraction of sp³-hybridized carbons (Fsp3) is 0.333. The number of halogens is 1. The molecule has 1 aliphatic rings. The molecule has 0 radical (unpaired) electrons. The number of carbonyl (C=O) groups excluding carboxylic acids is 1. The summed E-state index contributed by atoms with van der Waals surface area (Å²) in [6.45, 7) is 5.09. The number of amides is 1. The first-order valence-corrected chi connectivity index (χ1v) is 8.18. The summed E-state index contributed by atoms with van der Waals surface area (Å²) in [5.41, 5.74) is 1.21. The molecule has 0 saturated carbocycles. The molecule has 0 spiro atoms. The number of rotatable bonds is 6. The second-order valence-electron chi connectivity index (χ2n) is 4.58. The lowest BCUT2D eigenvalue weighted by atomic mass is 10.1. The Morgan fingerprint density at radius 2 is 2.05 bits per heavy atom. The van der Waals surface area contributed by atoms with Crippen LogP contribution in [0.4, 0.5) is 0 Å². The number of thiocarbonyl (C=S) groups is 1. The molecule has 1 aromatic carbocycles. The number of carbonyl (C=O) groups is 1. The predicted molar refractivity (Wildman–Crippen MR) is 93.0 cm³/mol. The highest BCUT2D eigenvalue weighted by Gasteiger charge is 2.20. The highest BCUT2D eigenvalue weighted by Crippen LogP contribution is 2.37. The largest absolute Gasteiger partial charge is 0.490 e. The first-order chi connectivity index (χ1) is 10.5. The minimum Gasteiger partial charge on any atom is -0.490 e. The standard InChI is InChI=1S/C15H17BrN2O3S/c1-3-5-21-13-10(16)6-9(8-12(13)20-4-2)7-11-14(19)18-15(22)17-11/h6-8H,3-5H2,1-2H3,(H2,17,18,19,22)/b11-7+. The van der Waals surface area contributed by atoms with Gasteiger partial charge in [0.2, 0.25) is 0 Å². The summed E-state index contributed by atoms with van der Waals surface area (Å²) in [6.07, 6.45) is 2.62. The highest BCUT2D eigenvalue weighted by molar-refractivity contribution is 9.10. The van der Waals surface area contributed by atoms with Crippen molar-refractivity contribution in [1.82, 2.24) is 10.6 Å². The van der Waals surface area contributed by atoms with Crippen LogP contribution >= 0.6 is 28.1 Å². The second kappa shape index (κ2) is 7.60. The van der Waals surface area contributed by atoms with Gasteiger partial charge in [0, 0.05) is 0 Å². The van der Waals surface area contributed by atoms with Gasteiger partial charge >= 0.3 is 0 Å². The molecule has 1 amide bonds. The Morgan fingerprint density at radius 3 is 2.64 bits per heavy atom. The third-order valence-corrected chi connectivity index (χ3v) is 3.61. The minimum absolute atomic E-state index is 0.245. The molecule has 0 aromatic heterocycles. The third kappa shape index (κ3) is 3.98. The summed E-state index contributed by atoms with van der Waals surface area (Å²) in [5.74, 6) is 1.06. The van der Waals surface area contributed by atoms with Crippen LogP contribution in [0.15, 0.2) is 22.3 Å². The van der Waals surface area contributed by atoms with Crippen LogP contribution < -0.4 is 20.1 Å². The molecule has 0 atom stereocenters. The van der Waals surface area contributed by atoms with E-state index in [1.807, 2.05) is 26.0 Å². The van der Waals surface area contributed by atoms with Crippen molar-refractivity contribution in [3.63, 3.8) is 0 Å². The van der Waals surface area contributed by atoms with Crippen LogP contribution in [0.25, 0.3) is 6.08 Å². The normalized spacial score (nSPS) is 15.7. The van der Waals surface area contributed by atoms with Gasteiger partial charge in [-0.2, -0.15) is 0 Å². The van der Waals surface area contributed by atoms with Crippen LogP contribution in [0, 0.1) is 0 Å². The van der Waals surface area contributed by atoms with Gasteiger partial charge in [-0.15, -0.1) is 0 Å². The molecule has 22 heavy (non-hydrogen) atoms. The van der Waals surface area contributed by atoms with Crippen molar-refractivity contribution in [2.75, 3.05) is 13.2 Å². The molecule has 0 bridgehead atoms. The molecule has 118 valence electrons. The van der Waals surface area contributed by atoms with Crippen LogP contribution in [-0.4, -0.2) is 24.2 Å². The van der Waals surface area contributed by atoms with Crippen LogP contribution in [0.3, 0.4) is 0 Å². The van der Waals surface area contributed by atoms with E-state index in [1.54, 1.807) is 6.08 Å². The Morgan fingerprint density at radius 1 is 1.27 bits per heavy atom. The van der Waals surface area contributed by atoms with Crippen LogP contribution in [0.5, 0.6) is 11.5 Å². The van der Waals surface area contributed by atoms with E-state index in [-0.39, 0.29) is 5.91 Å². The van der Waals surface area contributed by atoms with Gasteiger partial charge in [0.25, 0.3) is 5.91 Å². The first-order valence-electron chi connectivity index (χ1n) is 6.98. The number of hydrogen-bond acceptors (Lipinski definition) is 4. The average molecular weight is 385 g/mol. The molecule has 2 N–H and O–H groups in total. The molecule has 1 aromatic rings. The maximum atomic E-state index is 11.7. The van der Waals surface area contributed by atoms with E-state index in [4.69, 9.17) is 21.7 Å². The lowest BCUT2D eigenvalue weighted by Gasteiger charge is -2.14. The Labute approximate surface area is 143 Å². The number of ether oxygens (including phenoxy) is 2. The topological polar surface area (TPSA) is 59.6 Å². The molecule has 1 fully saturated rings. The Hall–Kier alpha value is -1.60. The first kappa shape index (κ1) is 16.8. The monoisotopic (exact) mass is 384 g/mol. The molecular formula is C15H17BrN2O3S. The summed E-state index contributed by atoms with van der Waals surface area (Å²) in [6, 6.07) is 3.71. The van der Waals surface area contributed by atoms with Crippen molar-refractivity contribution in [1.29, 1.82) is 0 Å². The zero-order valence-electron chi connectivity index (χ0n) is 12.4. The minimum atomic E-state index is -0.245. The van der Waals surface area contributed by atoms with Crippen LogP contribution in [0.2, 0.25) is 0 Å². The van der Waals surface area contributed by atoms with Crippen molar-refractivity contribution in [3.8, 4) is 11.5 Å². The van der Waals surface area contributed by atoms with Gasteiger partial charge in [-0.1, -0.05) is 6.92 Å². The van der Waals surface area contributed by atoms with Gasteiger partial charge in [-0.3, -0.25) is 10.1 Å². The molecule has 7 heteroatoms. The average Bonchev–Trinajstić information content (AvgIpc) is 2.76. The van der Waals surface area contributed by atoms with Crippen molar-refractivity contribution < 1.29 is 14.3 Å². The fourth-order valence-electron chi connectivity index (χ4n) is 1.93. The van der Waals surface area contributed by atoms with Gasteiger partial charge in [-0.25, -0.2) is 0 Å². The highest BCUT2D eigenvalue weighted by atomic mass is 79.9. The van der Waals surface area contributed by atoms with Gasteiger partial charge in [0.1, 0.15) is 5.70 Å². The van der Waals surface area contributed by atoms with E-state index in [1.165, 1.54) is 0 Å². The summed E-state index contributed by atoms with van der Waals surface area (Å²) in [7, 11) is 0. The smallest absolute Gasteiger partial charge is 0.273 e. The fourth-order valence-corrected chi connectivity index (χ4v) is 2.70. The molecule has 1 heterocycles. The van der Waals surface area contributed by atoms with E-state index in [0.717, 1.165) is 16.5 Å². The summed E-state index contributed by atoms with van der Waals surface area (Å²) < 4.78 is 12.1. The summed E-state index contributed by atoms with van der Waals surface area (Å²) in [5, 5.41) is 5.65. The van der Waals surface area contributed by atoms with E-state index in [9.17, 15) is 4.79 Å². The molecular weight excluding hydrogens is 368 g/mol. The number of nitrogens with one attached hydrogen (secondary N) is 2. The van der Waals surface area contributed by atoms with E-state index in [0.29, 0.717) is 35.5 Å². The Bertz CT molecular complexity index is 631. The van der Waals surface area contributed by atoms with Crippen LogP contribution in [0.1, 0.15) is 25.8 Å². The van der Waals surface area contributed by atoms with Crippen molar-refractivity contribution in [3.05, 3.63) is 27.9 Å². The molecule has 1 saturated heterocycles. The lowest BCUT2D eigenvalue weighted by molar-refractivity contribution is -0.115.